The molecule has 1 aromatic rings. The van der Waals surface area contributed by atoms with Crippen molar-refractivity contribution in [3.05, 3.63) is 39.9 Å². The summed E-state index contributed by atoms with van der Waals surface area (Å²) in [6.45, 7) is 0.685. The molecule has 0 bridgehead atoms. The van der Waals surface area contributed by atoms with E-state index in [4.69, 9.17) is 11.6 Å². The number of nitrogens with zero attached hydrogens (tertiary/aromatic N) is 2. The van der Waals surface area contributed by atoms with Gasteiger partial charge in [0.2, 0.25) is 5.91 Å². The molecular weight excluding hydrogens is 290 g/mol. The maximum atomic E-state index is 11.8. The summed E-state index contributed by atoms with van der Waals surface area (Å²) in [7, 11) is 0. The molecule has 1 aliphatic rings. The minimum atomic E-state index is -0.898. The number of amides is 1. The summed E-state index contributed by atoms with van der Waals surface area (Å²) in [5.74, 6) is 0.462. The normalized spacial score (nSPS) is 15.7. The highest BCUT2D eigenvalue weighted by Gasteiger charge is 2.21. The van der Waals surface area contributed by atoms with E-state index in [0.717, 1.165) is 5.75 Å². The number of amidine groups is 1. The number of alkyl halides is 1. The number of thioether (sulfide) groups is 1. The Morgan fingerprint density at radius 2 is 2.16 bits per heavy atom. The number of halogens is 1. The van der Waals surface area contributed by atoms with Gasteiger partial charge in [-0.1, -0.05) is 23.9 Å². The van der Waals surface area contributed by atoms with Gasteiger partial charge in [0.25, 0.3) is 5.69 Å². The lowest BCUT2D eigenvalue weighted by Crippen LogP contribution is -2.30. The Balaban J connectivity index is 2.03. The monoisotopic (exact) mass is 299 g/mol. The number of nitro benzene ring substituents is 1. The highest BCUT2D eigenvalue weighted by molar-refractivity contribution is 8.14. The number of benzene rings is 1. The Labute approximate surface area is 118 Å². The molecule has 2 rings (SSSR count). The topological polar surface area (TPSA) is 84.6 Å². The predicted molar refractivity (Wildman–Crippen MR) is 74.6 cm³/mol. The predicted octanol–water partition coefficient (Wildman–Crippen LogP) is 2.09. The minimum Gasteiger partial charge on any atom is -0.304 e. The Bertz CT molecular complexity index is 532. The van der Waals surface area contributed by atoms with Gasteiger partial charge >= 0.3 is 0 Å². The van der Waals surface area contributed by atoms with E-state index < -0.39 is 10.3 Å². The minimum absolute atomic E-state index is 0.0382. The number of hydrogen-bond acceptors (Lipinski definition) is 5. The van der Waals surface area contributed by atoms with E-state index in [9.17, 15) is 14.9 Å². The molecule has 1 aliphatic heterocycles. The number of hydrogen-bond donors (Lipinski definition) is 1. The van der Waals surface area contributed by atoms with Gasteiger partial charge < -0.3 is 5.32 Å². The highest BCUT2D eigenvalue weighted by Crippen LogP contribution is 2.23. The lowest BCUT2D eigenvalue weighted by atomic mass is 10.1. The molecule has 6 nitrogen and oxygen atoms in total. The molecule has 8 heteroatoms. The third-order valence-electron chi connectivity index (χ3n) is 2.44. The first-order valence-electron chi connectivity index (χ1n) is 5.44. The molecule has 0 spiro atoms. The van der Waals surface area contributed by atoms with Gasteiger partial charge in [-0.3, -0.25) is 19.9 Å². The molecule has 0 aromatic heterocycles. The average molecular weight is 300 g/mol. The summed E-state index contributed by atoms with van der Waals surface area (Å²) in [6, 6.07) is 5.58. The van der Waals surface area contributed by atoms with Crippen LogP contribution in [0.3, 0.4) is 0 Å². The third kappa shape index (κ3) is 3.45. The fourth-order valence-corrected chi connectivity index (χ4v) is 2.43. The van der Waals surface area contributed by atoms with E-state index in [2.05, 4.69) is 10.3 Å². The van der Waals surface area contributed by atoms with Crippen molar-refractivity contribution >= 4 is 40.1 Å². The summed E-state index contributed by atoms with van der Waals surface area (Å²) in [5.41, 5.74) is 0.470. The van der Waals surface area contributed by atoms with Gasteiger partial charge in [0.15, 0.2) is 5.17 Å². The zero-order chi connectivity index (χ0) is 13.8. The molecule has 1 heterocycles. The molecule has 0 aliphatic carbocycles. The molecule has 1 aromatic carbocycles. The highest BCUT2D eigenvalue weighted by atomic mass is 35.5. The molecule has 0 radical (unpaired) electrons. The summed E-state index contributed by atoms with van der Waals surface area (Å²) in [6.07, 6.45) is 0. The van der Waals surface area contributed by atoms with Crippen molar-refractivity contribution in [2.75, 3.05) is 12.3 Å². The molecule has 1 N–H and O–H groups in total. The van der Waals surface area contributed by atoms with Crippen LogP contribution in [0, 0.1) is 10.1 Å². The van der Waals surface area contributed by atoms with Crippen LogP contribution in [-0.4, -0.2) is 28.3 Å². The van der Waals surface area contributed by atoms with E-state index in [0.29, 0.717) is 17.3 Å². The fraction of sp³-hybridized carbons (Fsp3) is 0.273. The number of rotatable bonds is 3. The second kappa shape index (κ2) is 6.03. The summed E-state index contributed by atoms with van der Waals surface area (Å²) >= 11 is 7.48. The van der Waals surface area contributed by atoms with Crippen LogP contribution >= 0.6 is 23.4 Å². The Kier molecular flexibility index (Phi) is 4.39. The van der Waals surface area contributed by atoms with Crippen LogP contribution in [-0.2, 0) is 4.79 Å². The quantitative estimate of drug-likeness (QED) is 0.526. The van der Waals surface area contributed by atoms with Crippen molar-refractivity contribution < 1.29 is 9.72 Å². The largest absolute Gasteiger partial charge is 0.304 e. The van der Waals surface area contributed by atoms with Gasteiger partial charge in [0.1, 0.15) is 5.38 Å². The Morgan fingerprint density at radius 1 is 1.47 bits per heavy atom. The smallest absolute Gasteiger partial charge is 0.269 e. The third-order valence-corrected chi connectivity index (χ3v) is 3.78. The van der Waals surface area contributed by atoms with Crippen LogP contribution in [0.5, 0.6) is 0 Å². The molecule has 1 atom stereocenters. The number of carbonyl (C=O) groups is 1. The molecule has 0 fully saturated rings. The van der Waals surface area contributed by atoms with Crippen molar-refractivity contribution in [1.82, 2.24) is 5.32 Å². The number of aliphatic imine (C=N–C) groups is 1. The van der Waals surface area contributed by atoms with E-state index in [1.165, 1.54) is 36.0 Å². The van der Waals surface area contributed by atoms with Crippen molar-refractivity contribution in [2.24, 2.45) is 4.99 Å². The first-order chi connectivity index (χ1) is 9.08. The van der Waals surface area contributed by atoms with E-state index >= 15 is 0 Å². The Hall–Kier alpha value is -1.60. The molecule has 1 amide bonds. The lowest BCUT2D eigenvalue weighted by Gasteiger charge is -2.10. The van der Waals surface area contributed by atoms with Gasteiger partial charge in [-0.15, -0.1) is 11.6 Å². The first-order valence-corrected chi connectivity index (χ1v) is 6.86. The van der Waals surface area contributed by atoms with E-state index in [1.54, 1.807) is 0 Å². The molecule has 19 heavy (non-hydrogen) atoms. The van der Waals surface area contributed by atoms with Gasteiger partial charge in [0.05, 0.1) is 11.5 Å². The molecule has 0 saturated carbocycles. The second-order valence-electron chi connectivity index (χ2n) is 3.74. The fourth-order valence-electron chi connectivity index (χ4n) is 1.50. The van der Waals surface area contributed by atoms with Crippen LogP contribution in [0.15, 0.2) is 29.3 Å². The summed E-state index contributed by atoms with van der Waals surface area (Å²) in [4.78, 5) is 26.0. The zero-order valence-electron chi connectivity index (χ0n) is 9.71. The first kappa shape index (κ1) is 13.8. The number of nitrogens with one attached hydrogen (secondary N) is 1. The number of nitro groups is 1. The van der Waals surface area contributed by atoms with Crippen LogP contribution in [0.25, 0.3) is 0 Å². The maximum absolute atomic E-state index is 11.8. The van der Waals surface area contributed by atoms with Crippen molar-refractivity contribution in [2.45, 2.75) is 5.38 Å². The van der Waals surface area contributed by atoms with Gasteiger partial charge in [0, 0.05) is 17.9 Å². The molecule has 100 valence electrons. The van der Waals surface area contributed by atoms with Crippen LogP contribution in [0.1, 0.15) is 10.9 Å². The SMILES string of the molecule is O=C(NC1=NCCS1)C(Cl)c1ccc([N+](=O)[O-])cc1. The van der Waals surface area contributed by atoms with Crippen LogP contribution in [0.2, 0.25) is 0 Å². The van der Waals surface area contributed by atoms with Crippen molar-refractivity contribution in [1.29, 1.82) is 0 Å². The molecule has 1 unspecified atom stereocenters. The van der Waals surface area contributed by atoms with Crippen molar-refractivity contribution in [3.63, 3.8) is 0 Å². The van der Waals surface area contributed by atoms with Crippen molar-refractivity contribution in [3.8, 4) is 0 Å². The Morgan fingerprint density at radius 3 is 2.68 bits per heavy atom. The maximum Gasteiger partial charge on any atom is 0.269 e. The average Bonchev–Trinajstić information content (AvgIpc) is 2.90. The second-order valence-corrected chi connectivity index (χ2v) is 5.26. The van der Waals surface area contributed by atoms with Gasteiger partial charge in [-0.05, 0) is 5.56 Å². The van der Waals surface area contributed by atoms with Crippen LogP contribution < -0.4 is 5.32 Å². The van der Waals surface area contributed by atoms with Gasteiger partial charge in [-0.25, -0.2) is 0 Å². The van der Waals surface area contributed by atoms with Gasteiger partial charge in [-0.2, -0.15) is 0 Å². The molecule has 0 saturated heterocycles. The lowest BCUT2D eigenvalue weighted by molar-refractivity contribution is -0.384. The zero-order valence-corrected chi connectivity index (χ0v) is 11.3. The standard InChI is InChI=1S/C11H10ClN3O3S/c12-9(10(16)14-11-13-5-6-19-11)7-1-3-8(4-2-7)15(17)18/h1-4,9H,5-6H2,(H,13,14,16). The summed E-state index contributed by atoms with van der Waals surface area (Å²) in [5, 5.41) is 12.8. The van der Waals surface area contributed by atoms with E-state index in [-0.39, 0.29) is 11.6 Å². The number of carbonyl (C=O) groups excluding carboxylic acids is 1. The summed E-state index contributed by atoms with van der Waals surface area (Å²) < 4.78 is 0. The van der Waals surface area contributed by atoms with Crippen LogP contribution in [0.4, 0.5) is 5.69 Å². The van der Waals surface area contributed by atoms with E-state index in [1.807, 2.05) is 0 Å². The number of non-ortho nitro benzene ring substituents is 1. The molecular formula is C11H10ClN3O3S.